The Labute approximate surface area is 200 Å². The molecule has 3 aromatic rings. The van der Waals surface area contributed by atoms with E-state index in [0.717, 1.165) is 5.39 Å². The molecule has 0 aliphatic heterocycles. The number of hydrogen-bond donors (Lipinski definition) is 2. The van der Waals surface area contributed by atoms with Gasteiger partial charge in [-0.05, 0) is 47.7 Å². The van der Waals surface area contributed by atoms with Crippen molar-refractivity contribution in [2.45, 2.75) is 19.0 Å². The zero-order chi connectivity index (χ0) is 24.7. The topological polar surface area (TPSA) is 83.6 Å². The van der Waals surface area contributed by atoms with Gasteiger partial charge in [-0.2, -0.15) is 0 Å². The normalized spacial score (nSPS) is 11.5. The molecule has 1 atom stereocenters. The van der Waals surface area contributed by atoms with Gasteiger partial charge in [0.25, 0.3) is 0 Å². The predicted molar refractivity (Wildman–Crippen MR) is 127 cm³/mol. The second-order valence-electron chi connectivity index (χ2n) is 7.45. The number of pyridine rings is 1. The van der Waals surface area contributed by atoms with E-state index in [0.29, 0.717) is 17.4 Å². The Balaban J connectivity index is 1.56. The Bertz CT molecular complexity index is 1210. The molecule has 7 nitrogen and oxygen atoms in total. The summed E-state index contributed by atoms with van der Waals surface area (Å²) in [6.45, 7) is 3.58. The molecule has 3 amide bonds. The van der Waals surface area contributed by atoms with E-state index in [4.69, 9.17) is 16.3 Å². The van der Waals surface area contributed by atoms with Crippen LogP contribution in [0.3, 0.4) is 0 Å². The number of carbonyl (C=O) groups excluding carboxylic acids is 2. The number of amides is 3. The minimum absolute atomic E-state index is 0.0240. The first-order valence-corrected chi connectivity index (χ1v) is 10.7. The van der Waals surface area contributed by atoms with Crippen molar-refractivity contribution in [1.82, 2.24) is 15.2 Å². The van der Waals surface area contributed by atoms with Gasteiger partial charge >= 0.3 is 12.1 Å². The lowest BCUT2D eigenvalue weighted by Crippen LogP contribution is -2.45. The van der Waals surface area contributed by atoms with Gasteiger partial charge in [0.15, 0.2) is 0 Å². The number of nitrogens with zero attached hydrogens (tertiary/aromatic N) is 2. The van der Waals surface area contributed by atoms with Gasteiger partial charge in [0, 0.05) is 25.2 Å². The summed E-state index contributed by atoms with van der Waals surface area (Å²) < 4.78 is 32.3. The quantitative estimate of drug-likeness (QED) is 0.410. The molecule has 1 unspecified atom stereocenters. The Morgan fingerprint density at radius 3 is 2.79 bits per heavy atom. The third kappa shape index (κ3) is 6.41. The summed E-state index contributed by atoms with van der Waals surface area (Å²) in [4.78, 5) is 30.3. The molecule has 2 aromatic carbocycles. The molecular formula is C24H23ClF2N4O3. The van der Waals surface area contributed by atoms with Gasteiger partial charge in [0.2, 0.25) is 0 Å². The molecule has 0 spiro atoms. The standard InChI is InChI=1S/C24H23ClF2N4O3/c1-3-5-19(31(2)23(32)29-13-16-6-4-7-20(27)22(16)25)14-34-24(33)30-21-11-17-10-18(26)9-8-15(17)12-28-21/h3-4,6-12,19H,1,5,13-14H2,2H3,(H,29,32)(H,28,30,33). The fourth-order valence-electron chi connectivity index (χ4n) is 3.17. The fourth-order valence-corrected chi connectivity index (χ4v) is 3.36. The molecule has 0 radical (unpaired) electrons. The Morgan fingerprint density at radius 2 is 2.03 bits per heavy atom. The van der Waals surface area contributed by atoms with E-state index >= 15 is 0 Å². The lowest BCUT2D eigenvalue weighted by atomic mass is 10.2. The van der Waals surface area contributed by atoms with Crippen molar-refractivity contribution in [2.75, 3.05) is 19.0 Å². The first-order chi connectivity index (χ1) is 16.3. The molecule has 10 heteroatoms. The molecular weight excluding hydrogens is 466 g/mol. The summed E-state index contributed by atoms with van der Waals surface area (Å²) in [5.41, 5.74) is 0.432. The number of benzene rings is 2. The van der Waals surface area contributed by atoms with Gasteiger partial charge in [0.05, 0.1) is 11.1 Å². The highest BCUT2D eigenvalue weighted by molar-refractivity contribution is 6.31. The lowest BCUT2D eigenvalue weighted by molar-refractivity contribution is 0.118. The first kappa shape index (κ1) is 24.9. The monoisotopic (exact) mass is 488 g/mol. The number of likely N-dealkylation sites (N-methyl/N-ethyl adjacent to an activating group) is 1. The molecule has 1 aromatic heterocycles. The molecule has 0 aliphatic rings. The molecule has 0 saturated carbocycles. The summed E-state index contributed by atoms with van der Waals surface area (Å²) in [6, 6.07) is 9.13. The number of ether oxygens (including phenoxy) is 1. The second kappa shape index (κ2) is 11.4. The number of hydrogen-bond acceptors (Lipinski definition) is 4. The zero-order valence-electron chi connectivity index (χ0n) is 18.4. The van der Waals surface area contributed by atoms with E-state index in [1.807, 2.05) is 0 Å². The Hall–Kier alpha value is -3.72. The first-order valence-electron chi connectivity index (χ1n) is 10.3. The second-order valence-corrected chi connectivity index (χ2v) is 7.82. The number of carbonyl (C=O) groups is 2. The lowest BCUT2D eigenvalue weighted by Gasteiger charge is -2.27. The van der Waals surface area contributed by atoms with Gasteiger partial charge < -0.3 is 15.0 Å². The van der Waals surface area contributed by atoms with Crippen LogP contribution in [0.4, 0.5) is 24.2 Å². The number of urea groups is 1. The molecule has 34 heavy (non-hydrogen) atoms. The summed E-state index contributed by atoms with van der Waals surface area (Å²) in [7, 11) is 1.54. The van der Waals surface area contributed by atoms with E-state index in [9.17, 15) is 18.4 Å². The SMILES string of the molecule is C=CCC(COC(=O)Nc1cc2cc(F)ccc2cn1)N(C)C(=O)NCc1cccc(F)c1Cl. The number of aromatic nitrogens is 1. The highest BCUT2D eigenvalue weighted by Gasteiger charge is 2.21. The van der Waals surface area contributed by atoms with Gasteiger partial charge in [-0.25, -0.2) is 23.4 Å². The van der Waals surface area contributed by atoms with Crippen LogP contribution in [-0.2, 0) is 11.3 Å². The fraction of sp³-hybridized carbons (Fsp3) is 0.208. The maximum Gasteiger partial charge on any atom is 0.412 e. The zero-order valence-corrected chi connectivity index (χ0v) is 19.1. The average molecular weight is 489 g/mol. The maximum absolute atomic E-state index is 13.6. The largest absolute Gasteiger partial charge is 0.447 e. The number of nitrogens with one attached hydrogen (secondary N) is 2. The van der Waals surface area contributed by atoms with Crippen LogP contribution in [-0.4, -0.2) is 41.7 Å². The summed E-state index contributed by atoms with van der Waals surface area (Å²) in [5, 5.41) is 6.38. The molecule has 178 valence electrons. The molecule has 0 bridgehead atoms. The smallest absolute Gasteiger partial charge is 0.412 e. The van der Waals surface area contributed by atoms with Crippen LogP contribution in [0.2, 0.25) is 5.02 Å². The summed E-state index contributed by atoms with van der Waals surface area (Å²) in [6.07, 6.45) is 2.68. The number of fused-ring (bicyclic) bond motifs is 1. The number of anilines is 1. The Kier molecular flexibility index (Phi) is 8.37. The van der Waals surface area contributed by atoms with E-state index < -0.39 is 29.8 Å². The van der Waals surface area contributed by atoms with Crippen molar-refractivity contribution in [3.05, 3.63) is 83.5 Å². The van der Waals surface area contributed by atoms with Crippen molar-refractivity contribution < 1.29 is 23.1 Å². The minimum Gasteiger partial charge on any atom is -0.447 e. The van der Waals surface area contributed by atoms with E-state index in [1.165, 1.54) is 48.5 Å². The van der Waals surface area contributed by atoms with E-state index in [-0.39, 0.29) is 24.0 Å². The minimum atomic E-state index is -0.780. The van der Waals surface area contributed by atoms with Crippen LogP contribution >= 0.6 is 11.6 Å². The molecule has 0 fully saturated rings. The summed E-state index contributed by atoms with van der Waals surface area (Å²) >= 11 is 5.92. The average Bonchev–Trinajstić information content (AvgIpc) is 2.81. The van der Waals surface area contributed by atoms with E-state index in [2.05, 4.69) is 22.2 Å². The van der Waals surface area contributed by atoms with Crippen molar-refractivity contribution >= 4 is 40.3 Å². The highest BCUT2D eigenvalue weighted by atomic mass is 35.5. The van der Waals surface area contributed by atoms with Gasteiger partial charge in [-0.15, -0.1) is 6.58 Å². The number of rotatable bonds is 8. The van der Waals surface area contributed by atoms with E-state index in [1.54, 1.807) is 18.2 Å². The van der Waals surface area contributed by atoms with Crippen LogP contribution in [0, 0.1) is 11.6 Å². The number of halogens is 3. The third-order valence-corrected chi connectivity index (χ3v) is 5.51. The Morgan fingerprint density at radius 1 is 1.24 bits per heavy atom. The maximum atomic E-state index is 13.6. The molecule has 0 saturated heterocycles. The van der Waals surface area contributed by atoms with Crippen molar-refractivity contribution in [1.29, 1.82) is 0 Å². The van der Waals surface area contributed by atoms with Gasteiger partial charge in [-0.1, -0.05) is 29.8 Å². The van der Waals surface area contributed by atoms with Crippen LogP contribution < -0.4 is 10.6 Å². The van der Waals surface area contributed by atoms with Gasteiger partial charge in [-0.3, -0.25) is 5.32 Å². The molecule has 2 N–H and O–H groups in total. The molecule has 0 aliphatic carbocycles. The highest BCUT2D eigenvalue weighted by Crippen LogP contribution is 2.20. The van der Waals surface area contributed by atoms with Crippen molar-refractivity contribution in [3.8, 4) is 0 Å². The van der Waals surface area contributed by atoms with Crippen molar-refractivity contribution in [3.63, 3.8) is 0 Å². The summed E-state index contributed by atoms with van der Waals surface area (Å²) in [5.74, 6) is -0.779. The molecule has 1 heterocycles. The van der Waals surface area contributed by atoms with Crippen LogP contribution in [0.5, 0.6) is 0 Å². The van der Waals surface area contributed by atoms with Crippen LogP contribution in [0.1, 0.15) is 12.0 Å². The molecule has 3 rings (SSSR count). The van der Waals surface area contributed by atoms with Crippen LogP contribution in [0.15, 0.2) is 61.3 Å². The predicted octanol–water partition coefficient (Wildman–Crippen LogP) is 5.50. The third-order valence-electron chi connectivity index (χ3n) is 5.09. The van der Waals surface area contributed by atoms with Crippen LogP contribution in [0.25, 0.3) is 10.8 Å². The van der Waals surface area contributed by atoms with Crippen molar-refractivity contribution in [2.24, 2.45) is 0 Å². The van der Waals surface area contributed by atoms with Gasteiger partial charge in [0.1, 0.15) is 24.1 Å².